The number of hydrogen-bond donors (Lipinski definition) is 0. The Morgan fingerprint density at radius 3 is 3.15 bits per heavy atom. The predicted octanol–water partition coefficient (Wildman–Crippen LogP) is 1.38. The molecule has 20 heavy (non-hydrogen) atoms. The van der Waals surface area contributed by atoms with E-state index in [1.165, 1.54) is 4.90 Å². The summed E-state index contributed by atoms with van der Waals surface area (Å²) in [5.74, 6) is -0.698. The van der Waals surface area contributed by atoms with Crippen molar-refractivity contribution in [2.75, 3.05) is 24.6 Å². The Morgan fingerprint density at radius 2 is 2.45 bits per heavy atom. The fraction of sp³-hybridized carbons (Fsp3) is 0.600. The lowest BCUT2D eigenvalue weighted by Gasteiger charge is -2.10. The molecular weight excluding hydrogens is 284 g/mol. The van der Waals surface area contributed by atoms with Crippen LogP contribution in [0.15, 0.2) is 5.11 Å². The Labute approximate surface area is 118 Å². The molecule has 2 heterocycles. The van der Waals surface area contributed by atoms with Gasteiger partial charge in [-0.15, -0.1) is 10.2 Å². The van der Waals surface area contributed by atoms with Gasteiger partial charge < -0.3 is 4.74 Å². The second-order valence-corrected chi connectivity index (χ2v) is 5.05. The number of esters is 1. The average Bonchev–Trinajstić information content (AvgIpc) is 3.03. The quantitative estimate of drug-likeness (QED) is 0.351. The highest BCUT2D eigenvalue weighted by Crippen LogP contribution is 2.28. The number of carbonyl (C=O) groups is 2. The van der Waals surface area contributed by atoms with Crippen molar-refractivity contribution in [3.05, 3.63) is 15.5 Å². The highest BCUT2D eigenvalue weighted by Gasteiger charge is 2.32. The van der Waals surface area contributed by atoms with Crippen LogP contribution in [0.5, 0.6) is 0 Å². The van der Waals surface area contributed by atoms with Crippen LogP contribution >= 0.6 is 11.3 Å². The van der Waals surface area contributed by atoms with Crippen LogP contribution in [0.4, 0.5) is 5.13 Å². The first kappa shape index (κ1) is 14.2. The summed E-state index contributed by atoms with van der Waals surface area (Å²) < 4.78 is 4.82. The molecule has 0 aliphatic carbocycles. The Kier molecular flexibility index (Phi) is 4.49. The van der Waals surface area contributed by atoms with Crippen molar-refractivity contribution in [2.24, 2.45) is 11.0 Å². The van der Waals surface area contributed by atoms with Crippen molar-refractivity contribution in [3.63, 3.8) is 0 Å². The molecule has 9 nitrogen and oxygen atoms in total. The predicted molar refractivity (Wildman–Crippen MR) is 70.3 cm³/mol. The monoisotopic (exact) mass is 296 g/mol. The summed E-state index contributed by atoms with van der Waals surface area (Å²) in [5, 5.41) is 11.5. The van der Waals surface area contributed by atoms with Gasteiger partial charge in [-0.1, -0.05) is 16.5 Å². The summed E-state index contributed by atoms with van der Waals surface area (Å²) in [6.07, 6.45) is 0.299. The summed E-state index contributed by atoms with van der Waals surface area (Å²) in [6, 6.07) is 0. The van der Waals surface area contributed by atoms with Gasteiger partial charge in [-0.3, -0.25) is 9.69 Å². The molecule has 1 aromatic heterocycles. The number of carbonyl (C=O) groups excluding carboxylic acids is 2. The van der Waals surface area contributed by atoms with Crippen LogP contribution in [0.3, 0.4) is 0 Å². The number of ether oxygens (including phenoxy) is 1. The molecule has 1 unspecified atom stereocenters. The third-order valence-corrected chi connectivity index (χ3v) is 3.63. The molecule has 0 saturated carbocycles. The molecule has 106 valence electrons. The molecule has 1 aliphatic rings. The van der Waals surface area contributed by atoms with Crippen molar-refractivity contribution in [1.29, 1.82) is 0 Å². The first-order valence-corrected chi connectivity index (χ1v) is 6.79. The average molecular weight is 296 g/mol. The van der Waals surface area contributed by atoms with Gasteiger partial charge in [-0.25, -0.2) is 4.79 Å². The second kappa shape index (κ2) is 6.31. The van der Waals surface area contributed by atoms with Crippen molar-refractivity contribution < 1.29 is 14.3 Å². The maximum Gasteiger partial charge on any atom is 0.369 e. The SMILES string of the molecule is CCOC(=O)c1nnc(N2CC(CN=[N+]=[N-])CC2=O)s1. The fourth-order valence-corrected chi connectivity index (χ4v) is 2.61. The maximum absolute atomic E-state index is 11.9. The van der Waals surface area contributed by atoms with Crippen LogP contribution in [0.25, 0.3) is 10.4 Å². The molecule has 1 fully saturated rings. The number of hydrogen-bond acceptors (Lipinski definition) is 7. The minimum absolute atomic E-state index is 0.0339. The van der Waals surface area contributed by atoms with Gasteiger partial charge in [0.1, 0.15) is 0 Å². The largest absolute Gasteiger partial charge is 0.461 e. The highest BCUT2D eigenvalue weighted by molar-refractivity contribution is 7.17. The molecule has 1 aromatic rings. The molecule has 1 saturated heterocycles. The fourth-order valence-electron chi connectivity index (χ4n) is 1.84. The molecule has 0 aromatic carbocycles. The van der Waals surface area contributed by atoms with Gasteiger partial charge in [-0.05, 0) is 18.4 Å². The summed E-state index contributed by atoms with van der Waals surface area (Å²) in [6.45, 7) is 2.63. The number of anilines is 1. The Bertz CT molecular complexity index is 567. The van der Waals surface area contributed by atoms with Crippen molar-refractivity contribution in [3.8, 4) is 0 Å². The number of rotatable bonds is 5. The van der Waals surface area contributed by atoms with Crippen LogP contribution in [0.1, 0.15) is 23.1 Å². The van der Waals surface area contributed by atoms with E-state index in [4.69, 9.17) is 10.3 Å². The molecule has 1 atom stereocenters. The number of aromatic nitrogens is 2. The van der Waals surface area contributed by atoms with Crippen LogP contribution in [0, 0.1) is 5.92 Å². The summed E-state index contributed by atoms with van der Waals surface area (Å²) in [4.78, 5) is 27.5. The lowest BCUT2D eigenvalue weighted by Crippen LogP contribution is -2.24. The van der Waals surface area contributed by atoms with E-state index >= 15 is 0 Å². The van der Waals surface area contributed by atoms with E-state index in [1.807, 2.05) is 0 Å². The molecular formula is C10H12N6O3S. The van der Waals surface area contributed by atoms with E-state index in [0.717, 1.165) is 11.3 Å². The Balaban J connectivity index is 2.06. The molecule has 0 spiro atoms. The lowest BCUT2D eigenvalue weighted by atomic mass is 10.1. The normalized spacial score (nSPS) is 17.9. The van der Waals surface area contributed by atoms with Crippen LogP contribution in [-0.4, -0.2) is 41.8 Å². The van der Waals surface area contributed by atoms with Gasteiger partial charge in [0.25, 0.3) is 0 Å². The van der Waals surface area contributed by atoms with Crippen LogP contribution < -0.4 is 4.90 Å². The highest BCUT2D eigenvalue weighted by atomic mass is 32.1. The lowest BCUT2D eigenvalue weighted by molar-refractivity contribution is -0.117. The third kappa shape index (κ3) is 3.03. The molecule has 1 amide bonds. The summed E-state index contributed by atoms with van der Waals surface area (Å²) in [7, 11) is 0. The third-order valence-electron chi connectivity index (χ3n) is 2.70. The first-order valence-electron chi connectivity index (χ1n) is 5.97. The zero-order chi connectivity index (χ0) is 14.5. The van der Waals surface area contributed by atoms with E-state index < -0.39 is 5.97 Å². The molecule has 0 bridgehead atoms. The standard InChI is InChI=1S/C10H12N6O3S/c1-2-19-9(18)8-13-14-10(20-8)16-5-6(3-7(16)17)4-12-15-11/h6H,2-5H2,1H3. The van der Waals surface area contributed by atoms with Crippen molar-refractivity contribution in [1.82, 2.24) is 10.2 Å². The van der Waals surface area contributed by atoms with E-state index in [2.05, 4.69) is 20.2 Å². The molecule has 10 heteroatoms. The van der Waals surface area contributed by atoms with Gasteiger partial charge in [0.15, 0.2) is 0 Å². The van der Waals surface area contributed by atoms with Gasteiger partial charge in [0.05, 0.1) is 6.61 Å². The summed E-state index contributed by atoms with van der Waals surface area (Å²) >= 11 is 1.01. The summed E-state index contributed by atoms with van der Waals surface area (Å²) in [5.41, 5.74) is 8.28. The minimum Gasteiger partial charge on any atom is -0.461 e. The van der Waals surface area contributed by atoms with E-state index in [0.29, 0.717) is 18.1 Å². The molecule has 1 aliphatic heterocycles. The van der Waals surface area contributed by atoms with Crippen LogP contribution in [0.2, 0.25) is 0 Å². The van der Waals surface area contributed by atoms with Gasteiger partial charge >= 0.3 is 5.97 Å². The van der Waals surface area contributed by atoms with Crippen LogP contribution in [-0.2, 0) is 9.53 Å². The minimum atomic E-state index is -0.548. The zero-order valence-electron chi connectivity index (χ0n) is 10.7. The zero-order valence-corrected chi connectivity index (χ0v) is 11.5. The van der Waals surface area contributed by atoms with Crippen molar-refractivity contribution >= 4 is 28.3 Å². The number of amides is 1. The molecule has 2 rings (SSSR count). The van der Waals surface area contributed by atoms with Gasteiger partial charge in [0.2, 0.25) is 16.0 Å². The van der Waals surface area contributed by atoms with E-state index in [-0.39, 0.29) is 30.0 Å². The number of nitrogens with zero attached hydrogens (tertiary/aromatic N) is 6. The van der Waals surface area contributed by atoms with Gasteiger partial charge in [0, 0.05) is 24.4 Å². The maximum atomic E-state index is 11.9. The van der Waals surface area contributed by atoms with E-state index in [9.17, 15) is 9.59 Å². The first-order chi connectivity index (χ1) is 9.65. The second-order valence-electron chi connectivity index (χ2n) is 4.10. The Morgan fingerprint density at radius 1 is 1.65 bits per heavy atom. The Hall–Kier alpha value is -2.19. The van der Waals surface area contributed by atoms with Crippen molar-refractivity contribution in [2.45, 2.75) is 13.3 Å². The smallest absolute Gasteiger partial charge is 0.369 e. The van der Waals surface area contributed by atoms with Gasteiger partial charge in [-0.2, -0.15) is 0 Å². The number of azide groups is 1. The van der Waals surface area contributed by atoms with E-state index in [1.54, 1.807) is 6.92 Å². The molecule has 0 radical (unpaired) electrons. The topological polar surface area (TPSA) is 121 Å². The molecule has 0 N–H and O–H groups in total.